The number of aliphatic hydroxyl groups is 1. The molecule has 0 radical (unpaired) electrons. The Bertz CT molecular complexity index is 1070. The van der Waals surface area contributed by atoms with E-state index < -0.39 is 35.6 Å². The molecule has 0 aliphatic rings. The van der Waals surface area contributed by atoms with E-state index in [0.717, 1.165) is 24.2 Å². The number of carbonyl (C=O) groups excluding carboxylic acids is 2. The first-order valence-corrected chi connectivity index (χ1v) is 10.1. The van der Waals surface area contributed by atoms with E-state index in [2.05, 4.69) is 20.8 Å². The predicted molar refractivity (Wildman–Crippen MR) is 115 cm³/mol. The summed E-state index contributed by atoms with van der Waals surface area (Å²) in [6, 6.07) is 13.0. The maximum absolute atomic E-state index is 13.3. The number of nitrogens with one attached hydrogen (secondary N) is 3. The zero-order valence-electron chi connectivity index (χ0n) is 17.6. The molecule has 2 amide bonds. The molecule has 9 heteroatoms. The minimum atomic E-state index is -1.83. The molecule has 3 atom stereocenters. The fourth-order valence-electron chi connectivity index (χ4n) is 3.21. The third-order valence-electron chi connectivity index (χ3n) is 4.97. The van der Waals surface area contributed by atoms with Crippen LogP contribution in [-0.2, 0) is 16.0 Å². The minimum absolute atomic E-state index is 0.134. The Morgan fingerprint density at radius 3 is 2.34 bits per heavy atom. The Labute approximate surface area is 183 Å². The van der Waals surface area contributed by atoms with Gasteiger partial charge < -0.3 is 15.7 Å². The molecule has 0 saturated carbocycles. The van der Waals surface area contributed by atoms with Gasteiger partial charge in [0, 0.05) is 23.7 Å². The van der Waals surface area contributed by atoms with Crippen LogP contribution in [0.5, 0.6) is 0 Å². The third-order valence-corrected chi connectivity index (χ3v) is 4.97. The van der Waals surface area contributed by atoms with Gasteiger partial charge in [0.1, 0.15) is 17.7 Å². The van der Waals surface area contributed by atoms with Crippen molar-refractivity contribution in [2.45, 2.75) is 38.3 Å². The van der Waals surface area contributed by atoms with Crippen LogP contribution in [0.3, 0.4) is 0 Å². The predicted octanol–water partition coefficient (Wildman–Crippen LogP) is 3.21. The van der Waals surface area contributed by atoms with E-state index in [1.165, 1.54) is 12.5 Å². The summed E-state index contributed by atoms with van der Waals surface area (Å²) < 4.78 is 26.6. The summed E-state index contributed by atoms with van der Waals surface area (Å²) in [5.74, 6) is -2.95. The fourth-order valence-corrected chi connectivity index (χ4v) is 3.21. The van der Waals surface area contributed by atoms with Crippen LogP contribution >= 0.6 is 0 Å². The van der Waals surface area contributed by atoms with Crippen LogP contribution in [0.2, 0.25) is 0 Å². The molecule has 2 aromatic carbocycles. The second-order valence-electron chi connectivity index (χ2n) is 7.62. The van der Waals surface area contributed by atoms with Gasteiger partial charge in [0.25, 0.3) is 5.91 Å². The molecule has 1 heterocycles. The summed E-state index contributed by atoms with van der Waals surface area (Å²) in [6.07, 6.45) is -1.03. The Hall–Kier alpha value is -3.59. The van der Waals surface area contributed by atoms with Gasteiger partial charge in [-0.15, -0.1) is 0 Å². The van der Waals surface area contributed by atoms with Crippen LogP contribution in [0.15, 0.2) is 54.6 Å². The van der Waals surface area contributed by atoms with Gasteiger partial charge in [-0.05, 0) is 36.6 Å². The van der Waals surface area contributed by atoms with Crippen molar-refractivity contribution in [2.75, 3.05) is 5.32 Å². The topological polar surface area (TPSA) is 107 Å². The second-order valence-corrected chi connectivity index (χ2v) is 7.62. The van der Waals surface area contributed by atoms with Crippen LogP contribution in [-0.4, -0.2) is 33.2 Å². The summed E-state index contributed by atoms with van der Waals surface area (Å²) in [5, 5.41) is 21.9. The lowest BCUT2D eigenvalue weighted by Crippen LogP contribution is -2.43. The number of benzene rings is 2. The molecule has 3 aromatic rings. The number of hydrogen-bond acceptors (Lipinski definition) is 4. The van der Waals surface area contributed by atoms with E-state index >= 15 is 0 Å². The van der Waals surface area contributed by atoms with Gasteiger partial charge in [-0.1, -0.05) is 37.3 Å². The highest BCUT2D eigenvalue weighted by Gasteiger charge is 2.24. The highest BCUT2D eigenvalue weighted by Crippen LogP contribution is 2.21. The minimum Gasteiger partial charge on any atom is -0.378 e. The first-order chi connectivity index (χ1) is 15.2. The molecular weight excluding hydrogens is 418 g/mol. The molecule has 0 fully saturated rings. The summed E-state index contributed by atoms with van der Waals surface area (Å²) in [4.78, 5) is 24.6. The van der Waals surface area contributed by atoms with E-state index in [9.17, 15) is 23.5 Å². The zero-order valence-corrected chi connectivity index (χ0v) is 17.6. The molecule has 0 saturated heterocycles. The smallest absolute Gasteiger partial charge is 0.254 e. The van der Waals surface area contributed by atoms with E-state index in [4.69, 9.17) is 0 Å². The van der Waals surface area contributed by atoms with Crippen molar-refractivity contribution in [3.05, 3.63) is 83.1 Å². The van der Waals surface area contributed by atoms with Crippen LogP contribution < -0.4 is 10.6 Å². The number of hydrogen-bond donors (Lipinski definition) is 4. The van der Waals surface area contributed by atoms with Crippen LogP contribution in [0.4, 0.5) is 14.6 Å². The Balaban J connectivity index is 1.55. The molecule has 3 unspecified atom stereocenters. The average molecular weight is 442 g/mol. The number of rotatable bonds is 8. The highest BCUT2D eigenvalue weighted by molar-refractivity contribution is 5.97. The molecule has 0 aliphatic heterocycles. The number of anilines is 1. The molecule has 0 spiro atoms. The maximum Gasteiger partial charge on any atom is 0.254 e. The number of aromatic nitrogens is 2. The zero-order chi connectivity index (χ0) is 23.3. The van der Waals surface area contributed by atoms with Crippen molar-refractivity contribution < 1.29 is 23.5 Å². The molecule has 4 N–H and O–H groups in total. The quantitative estimate of drug-likeness (QED) is 0.430. The van der Waals surface area contributed by atoms with Gasteiger partial charge in [-0.3, -0.25) is 14.7 Å². The van der Waals surface area contributed by atoms with Crippen molar-refractivity contribution >= 4 is 17.6 Å². The van der Waals surface area contributed by atoms with Crippen LogP contribution in [0.25, 0.3) is 0 Å². The Morgan fingerprint density at radius 1 is 1.03 bits per heavy atom. The lowest BCUT2D eigenvalue weighted by atomic mass is 9.98. The fraction of sp³-hybridized carbons (Fsp3) is 0.261. The monoisotopic (exact) mass is 442 g/mol. The van der Waals surface area contributed by atoms with E-state index in [1.54, 1.807) is 6.07 Å². The first-order valence-electron chi connectivity index (χ1n) is 10.1. The number of H-pyrrole nitrogens is 1. The van der Waals surface area contributed by atoms with Gasteiger partial charge in [-0.25, -0.2) is 8.78 Å². The summed E-state index contributed by atoms with van der Waals surface area (Å²) >= 11 is 0. The molecule has 3 rings (SSSR count). The SMILES string of the molecule is CC(NC(=O)C(O)c1cc(F)cc(F)c1)C(=O)Nc1cc(C(C)Cc2ccccc2)[nH]n1. The van der Waals surface area contributed by atoms with Crippen LogP contribution in [0.1, 0.15) is 42.7 Å². The summed E-state index contributed by atoms with van der Waals surface area (Å²) in [5.41, 5.74) is 1.76. The number of aliphatic hydroxyl groups excluding tert-OH is 1. The Morgan fingerprint density at radius 2 is 1.69 bits per heavy atom. The first kappa shape index (κ1) is 23.1. The van der Waals surface area contributed by atoms with Crippen molar-refractivity contribution in [2.24, 2.45) is 0 Å². The summed E-state index contributed by atoms with van der Waals surface area (Å²) in [7, 11) is 0. The van der Waals surface area contributed by atoms with Crippen LogP contribution in [0, 0.1) is 11.6 Å². The Kier molecular flexibility index (Phi) is 7.32. The third kappa shape index (κ3) is 5.98. The second kappa shape index (κ2) is 10.1. The van der Waals surface area contributed by atoms with E-state index in [0.29, 0.717) is 11.9 Å². The number of halogens is 2. The standard InChI is InChI=1S/C23H24F2N4O3/c1-13(8-15-6-4-3-5-7-15)19-12-20(29-28-19)27-22(31)14(2)26-23(32)21(30)16-9-17(24)11-18(25)10-16/h3-7,9-14,21,30H,8H2,1-2H3,(H,26,32)(H2,27,28,29,31). The molecule has 1 aromatic heterocycles. The molecule has 7 nitrogen and oxygen atoms in total. The lowest BCUT2D eigenvalue weighted by molar-refractivity contribution is -0.132. The van der Waals surface area contributed by atoms with Crippen molar-refractivity contribution in [3.8, 4) is 0 Å². The average Bonchev–Trinajstić information content (AvgIpc) is 3.21. The van der Waals surface area contributed by atoms with Crippen molar-refractivity contribution in [1.82, 2.24) is 15.5 Å². The summed E-state index contributed by atoms with van der Waals surface area (Å²) in [6.45, 7) is 3.45. The maximum atomic E-state index is 13.3. The van der Waals surface area contributed by atoms with Crippen molar-refractivity contribution in [1.29, 1.82) is 0 Å². The number of amides is 2. The van der Waals surface area contributed by atoms with Gasteiger partial charge in [0.2, 0.25) is 5.91 Å². The lowest BCUT2D eigenvalue weighted by Gasteiger charge is -2.16. The molecule has 168 valence electrons. The van der Waals surface area contributed by atoms with E-state index in [1.807, 2.05) is 37.3 Å². The molecular formula is C23H24F2N4O3. The molecule has 0 aliphatic carbocycles. The van der Waals surface area contributed by atoms with Gasteiger partial charge in [0.15, 0.2) is 11.9 Å². The van der Waals surface area contributed by atoms with Gasteiger partial charge in [-0.2, -0.15) is 5.10 Å². The van der Waals surface area contributed by atoms with Gasteiger partial charge in [0.05, 0.1) is 0 Å². The number of aromatic amines is 1. The number of carbonyl (C=O) groups is 2. The van der Waals surface area contributed by atoms with E-state index in [-0.39, 0.29) is 11.5 Å². The number of nitrogens with zero attached hydrogens (tertiary/aromatic N) is 1. The largest absolute Gasteiger partial charge is 0.378 e. The normalized spacial score (nSPS) is 13.8. The van der Waals surface area contributed by atoms with Crippen molar-refractivity contribution in [3.63, 3.8) is 0 Å². The molecule has 0 bridgehead atoms. The molecule has 32 heavy (non-hydrogen) atoms. The van der Waals surface area contributed by atoms with Gasteiger partial charge >= 0.3 is 0 Å². The highest BCUT2D eigenvalue weighted by atomic mass is 19.1.